The molecule has 0 fully saturated rings. The smallest absolute Gasteiger partial charge is 0.342 e. The summed E-state index contributed by atoms with van der Waals surface area (Å²) in [5.41, 5.74) is -0.609. The molecule has 1 rings (SSSR count). The molecule has 0 spiro atoms. The summed E-state index contributed by atoms with van der Waals surface area (Å²) in [6, 6.07) is 2.65. The predicted octanol–water partition coefficient (Wildman–Crippen LogP) is 8.94. The van der Waals surface area contributed by atoms with Crippen LogP contribution in [-0.4, -0.2) is 42.8 Å². The second-order valence-corrected chi connectivity index (χ2v) is 10.6. The van der Waals surface area contributed by atoms with E-state index in [0.29, 0.717) is 6.42 Å². The van der Waals surface area contributed by atoms with Crippen molar-refractivity contribution in [2.24, 2.45) is 0 Å². The lowest BCUT2D eigenvalue weighted by atomic mass is 10.0. The molecule has 0 aliphatic carbocycles. The molecular formula is C33H54O7. The first-order valence-electron chi connectivity index (χ1n) is 15.8. The van der Waals surface area contributed by atoms with Crippen LogP contribution in [-0.2, 0) is 14.2 Å². The summed E-state index contributed by atoms with van der Waals surface area (Å²) in [6.07, 6.45) is 18.7. The number of carbonyl (C=O) groups is 3. The van der Waals surface area contributed by atoms with E-state index in [0.717, 1.165) is 77.0 Å². The van der Waals surface area contributed by atoms with Gasteiger partial charge in [-0.1, -0.05) is 117 Å². The van der Waals surface area contributed by atoms with Crippen molar-refractivity contribution in [1.82, 2.24) is 0 Å². The van der Waals surface area contributed by atoms with Crippen molar-refractivity contribution in [3.05, 3.63) is 28.8 Å². The topological polar surface area (TPSA) is 99.1 Å². The second kappa shape index (κ2) is 23.2. The Morgan fingerprint density at radius 3 is 1.25 bits per heavy atom. The molecular weight excluding hydrogens is 508 g/mol. The minimum Gasteiger partial charge on any atom is -0.506 e. The number of phenols is 1. The normalized spacial score (nSPS) is 10.9. The van der Waals surface area contributed by atoms with Crippen LogP contribution in [0.5, 0.6) is 5.75 Å². The van der Waals surface area contributed by atoms with Crippen LogP contribution in [0.3, 0.4) is 0 Å². The van der Waals surface area contributed by atoms with Gasteiger partial charge in [-0.25, -0.2) is 14.4 Å². The van der Waals surface area contributed by atoms with Gasteiger partial charge in [-0.3, -0.25) is 0 Å². The van der Waals surface area contributed by atoms with Gasteiger partial charge >= 0.3 is 17.9 Å². The summed E-state index contributed by atoms with van der Waals surface area (Å²) in [7, 11) is 0. The van der Waals surface area contributed by atoms with Crippen molar-refractivity contribution >= 4 is 17.9 Å². The standard InChI is InChI=1S/C33H54O7/c1-4-7-10-13-16-19-24-38-31(35)27-22-23-28(32(36)39-25-20-17-14-11-8-5-2)30(34)29(27)33(37)40-26-21-18-15-12-9-6-3/h22-23,34H,4-21,24-26H2,1-3H3. The maximum Gasteiger partial charge on any atom is 0.342 e. The first-order chi connectivity index (χ1) is 19.5. The average molecular weight is 563 g/mol. The van der Waals surface area contributed by atoms with Crippen molar-refractivity contribution in [2.45, 2.75) is 136 Å². The Labute approximate surface area is 242 Å². The first-order valence-corrected chi connectivity index (χ1v) is 15.8. The SMILES string of the molecule is CCCCCCCCOC(=O)c1ccc(C(=O)OCCCCCCCC)c(C(=O)OCCCCCCCC)c1O. The summed E-state index contributed by atoms with van der Waals surface area (Å²) < 4.78 is 16.2. The number of benzene rings is 1. The molecule has 0 amide bonds. The van der Waals surface area contributed by atoms with Gasteiger partial charge in [0.15, 0.2) is 0 Å². The van der Waals surface area contributed by atoms with E-state index in [4.69, 9.17) is 14.2 Å². The Morgan fingerprint density at radius 1 is 0.500 bits per heavy atom. The van der Waals surface area contributed by atoms with Gasteiger partial charge in [0.25, 0.3) is 0 Å². The highest BCUT2D eigenvalue weighted by Gasteiger charge is 2.28. The minimum absolute atomic E-state index is 0.107. The molecule has 0 aliphatic rings. The van der Waals surface area contributed by atoms with E-state index < -0.39 is 23.7 Å². The fraction of sp³-hybridized carbons (Fsp3) is 0.727. The van der Waals surface area contributed by atoms with Crippen LogP contribution in [0.15, 0.2) is 12.1 Å². The lowest BCUT2D eigenvalue weighted by molar-refractivity contribution is 0.0443. The van der Waals surface area contributed by atoms with Gasteiger partial charge in [-0.15, -0.1) is 0 Å². The molecule has 0 saturated carbocycles. The van der Waals surface area contributed by atoms with Gasteiger partial charge in [0.05, 0.1) is 25.4 Å². The van der Waals surface area contributed by atoms with Gasteiger partial charge in [0, 0.05) is 0 Å². The molecule has 0 bridgehead atoms. The number of hydrogen-bond acceptors (Lipinski definition) is 7. The molecule has 40 heavy (non-hydrogen) atoms. The zero-order chi connectivity index (χ0) is 29.4. The van der Waals surface area contributed by atoms with Crippen molar-refractivity contribution in [3.63, 3.8) is 0 Å². The monoisotopic (exact) mass is 562 g/mol. The van der Waals surface area contributed by atoms with Crippen molar-refractivity contribution in [2.75, 3.05) is 19.8 Å². The molecule has 0 saturated heterocycles. The van der Waals surface area contributed by atoms with Crippen molar-refractivity contribution in [1.29, 1.82) is 0 Å². The largest absolute Gasteiger partial charge is 0.506 e. The van der Waals surface area contributed by atoms with Crippen LogP contribution in [0.2, 0.25) is 0 Å². The maximum atomic E-state index is 13.0. The number of unbranched alkanes of at least 4 members (excludes halogenated alkanes) is 15. The third-order valence-electron chi connectivity index (χ3n) is 7.02. The molecule has 1 N–H and O–H groups in total. The lowest BCUT2D eigenvalue weighted by Gasteiger charge is -2.14. The average Bonchev–Trinajstić information content (AvgIpc) is 2.95. The van der Waals surface area contributed by atoms with Crippen LogP contribution in [0.25, 0.3) is 0 Å². The summed E-state index contributed by atoms with van der Waals surface area (Å²) in [4.78, 5) is 38.6. The van der Waals surface area contributed by atoms with Crippen molar-refractivity contribution < 1.29 is 33.7 Å². The summed E-state index contributed by atoms with van der Waals surface area (Å²) in [6.45, 7) is 7.10. The molecule has 0 radical (unpaired) electrons. The molecule has 7 heteroatoms. The second-order valence-electron chi connectivity index (χ2n) is 10.6. The van der Waals surface area contributed by atoms with E-state index in [1.54, 1.807) is 0 Å². The van der Waals surface area contributed by atoms with E-state index in [1.807, 2.05) is 0 Å². The third-order valence-corrected chi connectivity index (χ3v) is 7.02. The molecule has 0 unspecified atom stereocenters. The van der Waals surface area contributed by atoms with Crippen LogP contribution in [0.1, 0.15) is 167 Å². The summed E-state index contributed by atoms with van der Waals surface area (Å²) in [5, 5.41) is 10.9. The van der Waals surface area contributed by atoms with Crippen LogP contribution >= 0.6 is 0 Å². The van der Waals surface area contributed by atoms with Gasteiger partial charge in [0.1, 0.15) is 16.9 Å². The molecule has 0 heterocycles. The van der Waals surface area contributed by atoms with E-state index in [-0.39, 0.29) is 36.5 Å². The molecule has 1 aromatic rings. The first kappa shape index (κ1) is 35.5. The van der Waals surface area contributed by atoms with Crippen LogP contribution in [0.4, 0.5) is 0 Å². The fourth-order valence-corrected chi connectivity index (χ4v) is 4.50. The molecule has 1 aromatic carbocycles. The summed E-state index contributed by atoms with van der Waals surface area (Å²) in [5.74, 6) is -2.90. The number of carbonyl (C=O) groups excluding carboxylic acids is 3. The molecule has 0 atom stereocenters. The molecule has 0 aliphatic heterocycles. The van der Waals surface area contributed by atoms with Crippen LogP contribution in [0, 0.1) is 0 Å². The third kappa shape index (κ3) is 14.7. The van der Waals surface area contributed by atoms with Gasteiger partial charge in [-0.05, 0) is 31.4 Å². The number of phenolic OH excluding ortho intramolecular Hbond substituents is 1. The molecule has 228 valence electrons. The van der Waals surface area contributed by atoms with E-state index in [2.05, 4.69) is 20.8 Å². The minimum atomic E-state index is -0.844. The number of aromatic hydroxyl groups is 1. The Kier molecular flexibility index (Phi) is 20.5. The van der Waals surface area contributed by atoms with Gasteiger partial charge < -0.3 is 19.3 Å². The number of ether oxygens (including phenoxy) is 3. The quantitative estimate of drug-likeness (QED) is 0.0762. The van der Waals surface area contributed by atoms with Crippen molar-refractivity contribution in [3.8, 4) is 5.75 Å². The predicted molar refractivity (Wildman–Crippen MR) is 159 cm³/mol. The zero-order valence-electron chi connectivity index (χ0n) is 25.4. The highest BCUT2D eigenvalue weighted by atomic mass is 16.5. The van der Waals surface area contributed by atoms with Gasteiger partial charge in [0.2, 0.25) is 0 Å². The van der Waals surface area contributed by atoms with E-state index in [1.165, 1.54) is 44.2 Å². The Balaban J connectivity index is 2.84. The highest BCUT2D eigenvalue weighted by Crippen LogP contribution is 2.29. The Hall–Kier alpha value is -2.57. The molecule has 0 aromatic heterocycles. The van der Waals surface area contributed by atoms with Gasteiger partial charge in [-0.2, -0.15) is 0 Å². The Bertz CT molecular complexity index is 849. The lowest BCUT2D eigenvalue weighted by Crippen LogP contribution is -2.17. The van der Waals surface area contributed by atoms with E-state index in [9.17, 15) is 19.5 Å². The molecule has 7 nitrogen and oxygen atoms in total. The number of hydrogen-bond donors (Lipinski definition) is 1. The number of esters is 3. The number of rotatable bonds is 24. The maximum absolute atomic E-state index is 13.0. The van der Waals surface area contributed by atoms with E-state index >= 15 is 0 Å². The summed E-state index contributed by atoms with van der Waals surface area (Å²) >= 11 is 0. The Morgan fingerprint density at radius 2 is 0.825 bits per heavy atom. The zero-order valence-corrected chi connectivity index (χ0v) is 25.4. The van der Waals surface area contributed by atoms with Crippen LogP contribution < -0.4 is 0 Å². The highest BCUT2D eigenvalue weighted by molar-refractivity contribution is 6.08. The fourth-order valence-electron chi connectivity index (χ4n) is 4.50.